The number of alkyl halides is 3. The number of carbonyl (C=O) groups is 2. The van der Waals surface area contributed by atoms with Gasteiger partial charge in [0.05, 0.1) is 18.9 Å². The molecule has 168 valence electrons. The van der Waals surface area contributed by atoms with Crippen LogP contribution in [0.4, 0.5) is 23.5 Å². The summed E-state index contributed by atoms with van der Waals surface area (Å²) in [4.78, 5) is 35.1. The smallest absolute Gasteiger partial charge is 0.475 e. The van der Waals surface area contributed by atoms with Crippen LogP contribution in [0, 0.1) is 11.2 Å². The number of hydrogen-bond acceptors (Lipinski definition) is 6. The van der Waals surface area contributed by atoms with E-state index in [0.29, 0.717) is 12.5 Å². The predicted octanol–water partition coefficient (Wildman–Crippen LogP) is 1.63. The molecule has 1 aromatic heterocycles. The summed E-state index contributed by atoms with van der Waals surface area (Å²) >= 11 is 0. The Bertz CT molecular complexity index is 744. The Balaban J connectivity index is 0.000000396. The van der Waals surface area contributed by atoms with E-state index in [1.54, 1.807) is 19.0 Å². The van der Waals surface area contributed by atoms with Crippen molar-refractivity contribution in [2.75, 3.05) is 51.7 Å². The highest BCUT2D eigenvalue weighted by atomic mass is 19.4. The van der Waals surface area contributed by atoms with E-state index in [4.69, 9.17) is 9.90 Å². The Hall–Kier alpha value is -2.50. The van der Waals surface area contributed by atoms with Crippen molar-refractivity contribution in [2.24, 2.45) is 5.41 Å². The third-order valence-electron chi connectivity index (χ3n) is 5.17. The zero-order valence-corrected chi connectivity index (χ0v) is 16.8. The molecule has 1 atom stereocenters. The molecule has 1 N–H and O–H groups in total. The van der Waals surface area contributed by atoms with E-state index in [1.165, 1.54) is 12.4 Å². The van der Waals surface area contributed by atoms with E-state index in [1.807, 2.05) is 0 Å². The number of piperidine rings is 1. The van der Waals surface area contributed by atoms with Gasteiger partial charge in [0.2, 0.25) is 11.9 Å². The molecule has 30 heavy (non-hydrogen) atoms. The Labute approximate surface area is 171 Å². The number of amides is 1. The molecule has 1 spiro atoms. The quantitative estimate of drug-likeness (QED) is 0.722. The van der Waals surface area contributed by atoms with Crippen LogP contribution in [0.2, 0.25) is 0 Å². The highest BCUT2D eigenvalue weighted by molar-refractivity contribution is 5.77. The third-order valence-corrected chi connectivity index (χ3v) is 5.17. The maximum atomic E-state index is 13.0. The summed E-state index contributed by atoms with van der Waals surface area (Å²) in [6, 6.07) is 0. The molecule has 0 radical (unpaired) electrons. The van der Waals surface area contributed by atoms with Crippen LogP contribution in [-0.2, 0) is 9.59 Å². The lowest BCUT2D eigenvalue weighted by molar-refractivity contribution is -0.192. The van der Waals surface area contributed by atoms with Crippen LogP contribution in [-0.4, -0.2) is 89.7 Å². The van der Waals surface area contributed by atoms with Crippen molar-refractivity contribution in [2.45, 2.75) is 25.4 Å². The fourth-order valence-corrected chi connectivity index (χ4v) is 3.69. The molecule has 12 heteroatoms. The fraction of sp³-hybridized carbons (Fsp3) is 0.667. The van der Waals surface area contributed by atoms with E-state index in [0.717, 1.165) is 45.4 Å². The molecule has 2 aliphatic heterocycles. The van der Waals surface area contributed by atoms with Crippen LogP contribution in [0.15, 0.2) is 12.4 Å². The number of halogens is 4. The van der Waals surface area contributed by atoms with Gasteiger partial charge < -0.3 is 14.9 Å². The maximum absolute atomic E-state index is 13.0. The van der Waals surface area contributed by atoms with Crippen molar-refractivity contribution in [1.29, 1.82) is 0 Å². The molecule has 0 aliphatic carbocycles. The van der Waals surface area contributed by atoms with Gasteiger partial charge in [0.15, 0.2) is 5.82 Å². The number of likely N-dealkylation sites (N-methyl/N-ethyl adjacent to an activating group) is 1. The lowest BCUT2D eigenvalue weighted by atomic mass is 9.79. The average molecular weight is 435 g/mol. The Morgan fingerprint density at radius 1 is 1.17 bits per heavy atom. The number of nitrogens with zero attached hydrogens (tertiary/aromatic N) is 5. The maximum Gasteiger partial charge on any atom is 0.490 e. The molecule has 2 saturated heterocycles. The van der Waals surface area contributed by atoms with Gasteiger partial charge in [0.1, 0.15) is 0 Å². The second-order valence-electron chi connectivity index (χ2n) is 7.78. The van der Waals surface area contributed by atoms with E-state index >= 15 is 0 Å². The predicted molar refractivity (Wildman–Crippen MR) is 99.3 cm³/mol. The second-order valence-corrected chi connectivity index (χ2v) is 7.78. The molecule has 0 aromatic carbocycles. The molecular formula is C18H25F4N5O3. The van der Waals surface area contributed by atoms with Crippen LogP contribution >= 0.6 is 0 Å². The molecule has 2 fully saturated rings. The van der Waals surface area contributed by atoms with Crippen molar-refractivity contribution in [3.05, 3.63) is 18.2 Å². The first kappa shape index (κ1) is 23.8. The summed E-state index contributed by atoms with van der Waals surface area (Å²) < 4.78 is 44.7. The van der Waals surface area contributed by atoms with Crippen molar-refractivity contribution in [3.63, 3.8) is 0 Å². The van der Waals surface area contributed by atoms with Crippen molar-refractivity contribution < 1.29 is 32.3 Å². The van der Waals surface area contributed by atoms with E-state index in [-0.39, 0.29) is 11.3 Å². The molecule has 1 amide bonds. The number of anilines is 1. The number of rotatable bonds is 3. The second kappa shape index (κ2) is 9.54. The third kappa shape index (κ3) is 6.51. The highest BCUT2D eigenvalue weighted by Gasteiger charge is 2.42. The van der Waals surface area contributed by atoms with E-state index < -0.39 is 18.0 Å². The molecule has 8 nitrogen and oxygen atoms in total. The van der Waals surface area contributed by atoms with Crippen molar-refractivity contribution >= 4 is 17.8 Å². The molecule has 0 saturated carbocycles. The van der Waals surface area contributed by atoms with Gasteiger partial charge >= 0.3 is 12.1 Å². The van der Waals surface area contributed by atoms with Crippen LogP contribution in [0.5, 0.6) is 0 Å². The lowest BCUT2D eigenvalue weighted by Crippen LogP contribution is -2.48. The van der Waals surface area contributed by atoms with Gasteiger partial charge in [-0.05, 0) is 25.8 Å². The average Bonchev–Trinajstić information content (AvgIpc) is 3.05. The number of carboxylic acid groups (broad SMARTS) is 1. The number of likely N-dealkylation sites (tertiary alicyclic amines) is 1. The normalized spacial score (nSPS) is 21.9. The number of carboxylic acids is 1. The van der Waals surface area contributed by atoms with Crippen LogP contribution < -0.4 is 4.90 Å². The summed E-state index contributed by atoms with van der Waals surface area (Å²) in [7, 11) is 3.59. The first-order valence-electron chi connectivity index (χ1n) is 9.37. The Kier molecular flexibility index (Phi) is 7.56. The summed E-state index contributed by atoms with van der Waals surface area (Å²) in [5, 5.41) is 7.12. The van der Waals surface area contributed by atoms with Crippen LogP contribution in [0.25, 0.3) is 0 Å². The van der Waals surface area contributed by atoms with Crippen molar-refractivity contribution in [1.82, 2.24) is 19.8 Å². The van der Waals surface area contributed by atoms with Crippen LogP contribution in [0.1, 0.15) is 19.3 Å². The van der Waals surface area contributed by atoms with Gasteiger partial charge in [-0.3, -0.25) is 9.69 Å². The minimum Gasteiger partial charge on any atom is -0.475 e. The molecule has 3 rings (SSSR count). The summed E-state index contributed by atoms with van der Waals surface area (Å²) in [6.45, 7) is 4.17. The first-order valence-corrected chi connectivity index (χ1v) is 9.37. The Morgan fingerprint density at radius 3 is 2.30 bits per heavy atom. The zero-order chi connectivity index (χ0) is 22.5. The molecular weight excluding hydrogens is 410 g/mol. The van der Waals surface area contributed by atoms with Crippen LogP contribution in [0.3, 0.4) is 0 Å². The summed E-state index contributed by atoms with van der Waals surface area (Å²) in [5.41, 5.74) is 0.197. The number of carbonyl (C=O) groups excluding carboxylic acids is 1. The van der Waals surface area contributed by atoms with Gasteiger partial charge in [-0.1, -0.05) is 0 Å². The first-order chi connectivity index (χ1) is 13.9. The number of aliphatic carboxylic acids is 1. The van der Waals surface area contributed by atoms with Crippen molar-refractivity contribution in [3.8, 4) is 0 Å². The van der Waals surface area contributed by atoms with E-state index in [9.17, 15) is 22.4 Å². The van der Waals surface area contributed by atoms with Gasteiger partial charge in [-0.15, -0.1) is 0 Å². The van der Waals surface area contributed by atoms with Gasteiger partial charge in [0.25, 0.3) is 0 Å². The lowest BCUT2D eigenvalue weighted by Gasteiger charge is -2.40. The molecule has 2 aliphatic rings. The highest BCUT2D eigenvalue weighted by Crippen LogP contribution is 2.39. The molecule has 1 unspecified atom stereocenters. The summed E-state index contributed by atoms with van der Waals surface area (Å²) in [5.74, 6) is -2.41. The van der Waals surface area contributed by atoms with E-state index in [2.05, 4.69) is 19.8 Å². The topological polar surface area (TPSA) is 89.9 Å². The molecule has 0 bridgehead atoms. The monoisotopic (exact) mass is 435 g/mol. The Morgan fingerprint density at radius 2 is 1.77 bits per heavy atom. The standard InChI is InChI=1S/C16H24FN5O.C2HF3O2/c1-20(2)14(23)10-21-6-3-4-16(11-21)5-7-22(12-16)15-18-8-13(17)9-19-15;3-2(4,5)1(6)7/h8-9H,3-7,10-12H2,1-2H3;(H,6,7). The molecule has 3 heterocycles. The van der Waals surface area contributed by atoms with Gasteiger partial charge in [-0.2, -0.15) is 13.2 Å². The van der Waals surface area contributed by atoms with Gasteiger partial charge in [0, 0.05) is 39.1 Å². The van der Waals surface area contributed by atoms with Gasteiger partial charge in [-0.25, -0.2) is 19.2 Å². The fourth-order valence-electron chi connectivity index (χ4n) is 3.69. The number of hydrogen-bond donors (Lipinski definition) is 1. The SMILES string of the molecule is CN(C)C(=O)CN1CCCC2(CCN(c3ncc(F)cn3)C2)C1.O=C(O)C(F)(F)F. The number of aromatic nitrogens is 2. The minimum atomic E-state index is -5.08. The minimum absolute atomic E-state index is 0.152. The zero-order valence-electron chi connectivity index (χ0n) is 16.8. The summed E-state index contributed by atoms with van der Waals surface area (Å²) in [6.07, 6.45) is 0.697. The molecule has 1 aromatic rings. The largest absolute Gasteiger partial charge is 0.490 e.